The molecule has 0 aliphatic heterocycles. The van der Waals surface area contributed by atoms with E-state index in [4.69, 9.17) is 9.47 Å². The Morgan fingerprint density at radius 3 is 1.25 bits per heavy atom. The van der Waals surface area contributed by atoms with Gasteiger partial charge in [-0.1, -0.05) is 48.5 Å². The number of benzene rings is 3. The molecule has 0 spiro atoms. The summed E-state index contributed by atoms with van der Waals surface area (Å²) in [6.07, 6.45) is 1.85. The number of rotatable bonds is 6. The number of hydrogen-bond donors (Lipinski definition) is 0. The SMILES string of the molecule is COc1ccc(Cc2ccccc2Cc2ccc(OC)cc2)cc1. The van der Waals surface area contributed by atoms with Gasteiger partial charge in [-0.3, -0.25) is 0 Å². The molecular weight excluding hydrogens is 296 g/mol. The van der Waals surface area contributed by atoms with E-state index in [9.17, 15) is 0 Å². The van der Waals surface area contributed by atoms with Crippen LogP contribution in [0.4, 0.5) is 0 Å². The van der Waals surface area contributed by atoms with Gasteiger partial charge in [-0.2, -0.15) is 0 Å². The normalized spacial score (nSPS) is 10.4. The predicted octanol–water partition coefficient (Wildman–Crippen LogP) is 4.89. The quantitative estimate of drug-likeness (QED) is 0.644. The highest BCUT2D eigenvalue weighted by atomic mass is 16.5. The zero-order valence-electron chi connectivity index (χ0n) is 14.2. The molecule has 0 aliphatic carbocycles. The van der Waals surface area contributed by atoms with E-state index >= 15 is 0 Å². The van der Waals surface area contributed by atoms with Crippen molar-refractivity contribution < 1.29 is 9.47 Å². The molecule has 122 valence electrons. The number of hydrogen-bond acceptors (Lipinski definition) is 2. The standard InChI is InChI=1S/C22H22O2/c1-23-21-11-7-17(8-12-21)15-19-5-3-4-6-20(19)16-18-9-13-22(24-2)14-10-18/h3-14H,15-16H2,1-2H3. The molecule has 24 heavy (non-hydrogen) atoms. The summed E-state index contributed by atoms with van der Waals surface area (Å²) >= 11 is 0. The second-order valence-corrected chi connectivity index (χ2v) is 5.82. The van der Waals surface area contributed by atoms with Crippen LogP contribution in [-0.2, 0) is 12.8 Å². The Kier molecular flexibility index (Phi) is 5.17. The molecule has 0 aliphatic rings. The second-order valence-electron chi connectivity index (χ2n) is 5.82. The molecule has 0 aromatic heterocycles. The minimum absolute atomic E-state index is 0.894. The largest absolute Gasteiger partial charge is 0.497 e. The Hall–Kier alpha value is -2.74. The van der Waals surface area contributed by atoms with Crippen molar-refractivity contribution in [3.05, 3.63) is 95.1 Å². The minimum atomic E-state index is 0.894. The van der Waals surface area contributed by atoms with E-state index in [-0.39, 0.29) is 0 Å². The van der Waals surface area contributed by atoms with Gasteiger partial charge in [-0.05, 0) is 59.4 Å². The average Bonchev–Trinajstić information content (AvgIpc) is 2.64. The lowest BCUT2D eigenvalue weighted by Gasteiger charge is -2.11. The second kappa shape index (κ2) is 7.69. The van der Waals surface area contributed by atoms with Gasteiger partial charge in [0.1, 0.15) is 11.5 Å². The Labute approximate surface area is 143 Å². The monoisotopic (exact) mass is 318 g/mol. The van der Waals surface area contributed by atoms with Crippen molar-refractivity contribution in [1.29, 1.82) is 0 Å². The number of methoxy groups -OCH3 is 2. The molecule has 0 saturated heterocycles. The summed E-state index contributed by atoms with van der Waals surface area (Å²) in [5.41, 5.74) is 5.30. The molecule has 0 radical (unpaired) electrons. The van der Waals surface area contributed by atoms with Crippen LogP contribution in [0.1, 0.15) is 22.3 Å². The van der Waals surface area contributed by atoms with Gasteiger partial charge in [-0.25, -0.2) is 0 Å². The van der Waals surface area contributed by atoms with Crippen LogP contribution in [0, 0.1) is 0 Å². The molecule has 0 N–H and O–H groups in total. The van der Waals surface area contributed by atoms with Gasteiger partial charge in [-0.15, -0.1) is 0 Å². The van der Waals surface area contributed by atoms with Gasteiger partial charge in [0.15, 0.2) is 0 Å². The van der Waals surface area contributed by atoms with E-state index < -0.39 is 0 Å². The fourth-order valence-electron chi connectivity index (χ4n) is 2.83. The Balaban J connectivity index is 1.78. The minimum Gasteiger partial charge on any atom is -0.497 e. The first-order chi connectivity index (χ1) is 11.8. The predicted molar refractivity (Wildman–Crippen MR) is 98.0 cm³/mol. The summed E-state index contributed by atoms with van der Waals surface area (Å²) in [4.78, 5) is 0. The average molecular weight is 318 g/mol. The molecule has 0 atom stereocenters. The van der Waals surface area contributed by atoms with E-state index in [0.29, 0.717) is 0 Å². The van der Waals surface area contributed by atoms with Crippen molar-refractivity contribution in [1.82, 2.24) is 0 Å². The fourth-order valence-corrected chi connectivity index (χ4v) is 2.83. The van der Waals surface area contributed by atoms with Crippen LogP contribution < -0.4 is 9.47 Å². The van der Waals surface area contributed by atoms with Crippen molar-refractivity contribution >= 4 is 0 Å². The summed E-state index contributed by atoms with van der Waals surface area (Å²) in [7, 11) is 3.39. The van der Waals surface area contributed by atoms with Crippen LogP contribution in [0.25, 0.3) is 0 Å². The van der Waals surface area contributed by atoms with Crippen molar-refractivity contribution in [2.45, 2.75) is 12.8 Å². The first-order valence-electron chi connectivity index (χ1n) is 8.11. The zero-order chi connectivity index (χ0) is 16.8. The van der Waals surface area contributed by atoms with E-state index in [1.807, 2.05) is 24.3 Å². The maximum atomic E-state index is 5.23. The molecule has 0 heterocycles. The van der Waals surface area contributed by atoms with Gasteiger partial charge in [0.25, 0.3) is 0 Å². The molecule has 0 amide bonds. The zero-order valence-corrected chi connectivity index (χ0v) is 14.2. The third-order valence-electron chi connectivity index (χ3n) is 4.23. The van der Waals surface area contributed by atoms with Crippen molar-refractivity contribution in [2.75, 3.05) is 14.2 Å². The summed E-state index contributed by atoms with van der Waals surface area (Å²) < 4.78 is 10.5. The molecular formula is C22H22O2. The van der Waals surface area contributed by atoms with Gasteiger partial charge >= 0.3 is 0 Å². The van der Waals surface area contributed by atoms with Crippen molar-refractivity contribution in [3.63, 3.8) is 0 Å². The lowest BCUT2D eigenvalue weighted by atomic mass is 9.95. The summed E-state index contributed by atoms with van der Waals surface area (Å²) in [6, 6.07) is 25.2. The maximum Gasteiger partial charge on any atom is 0.118 e. The highest BCUT2D eigenvalue weighted by Crippen LogP contribution is 2.21. The lowest BCUT2D eigenvalue weighted by molar-refractivity contribution is 0.414. The summed E-state index contributed by atoms with van der Waals surface area (Å²) in [5, 5.41) is 0. The topological polar surface area (TPSA) is 18.5 Å². The van der Waals surface area contributed by atoms with Gasteiger partial charge in [0.05, 0.1) is 14.2 Å². The Bertz CT molecular complexity index is 705. The molecule has 0 bridgehead atoms. The molecule has 3 aromatic carbocycles. The van der Waals surface area contributed by atoms with Crippen LogP contribution in [0.5, 0.6) is 11.5 Å². The summed E-state index contributed by atoms with van der Waals surface area (Å²) in [5.74, 6) is 1.79. The molecule has 0 fully saturated rings. The molecule has 3 aromatic rings. The Morgan fingerprint density at radius 2 is 0.917 bits per heavy atom. The lowest BCUT2D eigenvalue weighted by Crippen LogP contribution is -1.97. The van der Waals surface area contributed by atoms with Crippen LogP contribution in [0.2, 0.25) is 0 Å². The number of ether oxygens (including phenoxy) is 2. The van der Waals surface area contributed by atoms with Gasteiger partial charge < -0.3 is 9.47 Å². The molecule has 2 nitrogen and oxygen atoms in total. The van der Waals surface area contributed by atoms with Crippen molar-refractivity contribution in [2.24, 2.45) is 0 Å². The fraction of sp³-hybridized carbons (Fsp3) is 0.182. The van der Waals surface area contributed by atoms with Gasteiger partial charge in [0, 0.05) is 0 Å². The molecule has 0 unspecified atom stereocenters. The van der Waals surface area contributed by atoms with Crippen LogP contribution in [-0.4, -0.2) is 14.2 Å². The van der Waals surface area contributed by atoms with Crippen LogP contribution in [0.3, 0.4) is 0 Å². The van der Waals surface area contributed by atoms with Crippen molar-refractivity contribution in [3.8, 4) is 11.5 Å². The summed E-state index contributed by atoms with van der Waals surface area (Å²) in [6.45, 7) is 0. The first kappa shape index (κ1) is 16.1. The van der Waals surface area contributed by atoms with E-state index in [2.05, 4.69) is 48.5 Å². The first-order valence-corrected chi connectivity index (χ1v) is 8.11. The van der Waals surface area contributed by atoms with Crippen LogP contribution in [0.15, 0.2) is 72.8 Å². The third-order valence-corrected chi connectivity index (χ3v) is 4.23. The van der Waals surface area contributed by atoms with Gasteiger partial charge in [0.2, 0.25) is 0 Å². The molecule has 0 saturated carbocycles. The third kappa shape index (κ3) is 3.96. The molecule has 2 heteroatoms. The highest BCUT2D eigenvalue weighted by molar-refractivity contribution is 5.38. The van der Waals surface area contributed by atoms with E-state index in [1.54, 1.807) is 14.2 Å². The van der Waals surface area contributed by atoms with E-state index in [0.717, 1.165) is 24.3 Å². The Morgan fingerprint density at radius 1 is 0.542 bits per heavy atom. The highest BCUT2D eigenvalue weighted by Gasteiger charge is 2.05. The smallest absolute Gasteiger partial charge is 0.118 e. The van der Waals surface area contributed by atoms with E-state index in [1.165, 1.54) is 22.3 Å². The maximum absolute atomic E-state index is 5.23. The van der Waals surface area contributed by atoms with Crippen LogP contribution >= 0.6 is 0 Å². The molecule has 3 rings (SSSR count).